The average Bonchev–Trinajstić information content (AvgIpc) is 3.19. The number of para-hydroxylation sites is 1. The number of rotatable bonds is 6. The first-order valence-electron chi connectivity index (χ1n) is 9.70. The number of benzene rings is 2. The van der Waals surface area contributed by atoms with Crippen LogP contribution in [0.3, 0.4) is 0 Å². The summed E-state index contributed by atoms with van der Waals surface area (Å²) in [5.74, 6) is 1.41. The van der Waals surface area contributed by atoms with Gasteiger partial charge in [-0.3, -0.25) is 4.90 Å². The highest BCUT2D eigenvalue weighted by atomic mass is 16.5. The summed E-state index contributed by atoms with van der Waals surface area (Å²) in [6.07, 6.45) is 1.87. The van der Waals surface area contributed by atoms with Gasteiger partial charge in [-0.1, -0.05) is 53.7 Å². The maximum Gasteiger partial charge on any atom is 0.227 e. The van der Waals surface area contributed by atoms with E-state index in [1.807, 2.05) is 30.3 Å². The van der Waals surface area contributed by atoms with Gasteiger partial charge < -0.3 is 9.42 Å². The van der Waals surface area contributed by atoms with E-state index in [0.717, 1.165) is 57.0 Å². The topological polar surface area (TPSA) is 45.4 Å². The maximum atomic E-state index is 5.41. The molecule has 1 aliphatic heterocycles. The minimum absolute atomic E-state index is 0.678. The zero-order valence-corrected chi connectivity index (χ0v) is 15.8. The number of aromatic nitrogens is 2. The molecular formula is C22H26N4O. The van der Waals surface area contributed by atoms with E-state index in [9.17, 15) is 0 Å². The van der Waals surface area contributed by atoms with Gasteiger partial charge in [0.25, 0.3) is 0 Å². The van der Waals surface area contributed by atoms with Gasteiger partial charge in [0.05, 0.1) is 0 Å². The molecule has 5 heteroatoms. The van der Waals surface area contributed by atoms with Crippen molar-refractivity contribution in [2.45, 2.75) is 19.8 Å². The Balaban J connectivity index is 1.23. The van der Waals surface area contributed by atoms with Crippen molar-refractivity contribution >= 4 is 5.69 Å². The van der Waals surface area contributed by atoms with Crippen LogP contribution in [0.2, 0.25) is 0 Å². The fourth-order valence-electron chi connectivity index (χ4n) is 3.65. The van der Waals surface area contributed by atoms with Crippen LogP contribution in [0, 0.1) is 6.92 Å². The van der Waals surface area contributed by atoms with E-state index in [0.29, 0.717) is 5.82 Å². The quantitative estimate of drug-likeness (QED) is 0.667. The first-order valence-corrected chi connectivity index (χ1v) is 9.70. The molecular weight excluding hydrogens is 336 g/mol. The summed E-state index contributed by atoms with van der Waals surface area (Å²) < 4.78 is 5.41. The number of hydrogen-bond acceptors (Lipinski definition) is 5. The molecule has 27 heavy (non-hydrogen) atoms. The Morgan fingerprint density at radius 2 is 1.67 bits per heavy atom. The van der Waals surface area contributed by atoms with Gasteiger partial charge in [0, 0.05) is 43.9 Å². The molecule has 0 amide bonds. The van der Waals surface area contributed by atoms with Crippen LogP contribution in [0.15, 0.2) is 59.1 Å². The lowest BCUT2D eigenvalue weighted by Gasteiger charge is -2.36. The Kier molecular flexibility index (Phi) is 5.49. The normalized spacial score (nSPS) is 15.2. The molecule has 0 aliphatic carbocycles. The fraction of sp³-hybridized carbons (Fsp3) is 0.364. The zero-order chi connectivity index (χ0) is 18.5. The highest BCUT2D eigenvalue weighted by molar-refractivity contribution is 5.54. The summed E-state index contributed by atoms with van der Waals surface area (Å²) in [5.41, 5.74) is 3.73. The van der Waals surface area contributed by atoms with Gasteiger partial charge in [0.15, 0.2) is 0 Å². The molecule has 0 unspecified atom stereocenters. The molecule has 2 aromatic carbocycles. The van der Waals surface area contributed by atoms with Gasteiger partial charge in [-0.15, -0.1) is 0 Å². The van der Waals surface area contributed by atoms with E-state index in [4.69, 9.17) is 4.52 Å². The summed E-state index contributed by atoms with van der Waals surface area (Å²) in [6, 6.07) is 18.6. The van der Waals surface area contributed by atoms with Crippen molar-refractivity contribution in [3.63, 3.8) is 0 Å². The molecule has 0 spiro atoms. The second-order valence-corrected chi connectivity index (χ2v) is 7.10. The molecule has 0 N–H and O–H groups in total. The predicted octanol–water partition coefficient (Wildman–Crippen LogP) is 3.80. The number of aryl methyl sites for hydroxylation is 2. The monoisotopic (exact) mass is 362 g/mol. The van der Waals surface area contributed by atoms with Crippen LogP contribution in [0.1, 0.15) is 17.9 Å². The van der Waals surface area contributed by atoms with Crippen molar-refractivity contribution in [1.82, 2.24) is 15.0 Å². The summed E-state index contributed by atoms with van der Waals surface area (Å²) in [5, 5.41) is 4.10. The van der Waals surface area contributed by atoms with Crippen molar-refractivity contribution in [2.75, 3.05) is 37.6 Å². The fourth-order valence-corrected chi connectivity index (χ4v) is 3.65. The predicted molar refractivity (Wildman–Crippen MR) is 108 cm³/mol. The Morgan fingerprint density at radius 3 is 2.44 bits per heavy atom. The number of nitrogens with zero attached hydrogens (tertiary/aromatic N) is 4. The van der Waals surface area contributed by atoms with Crippen molar-refractivity contribution < 1.29 is 4.52 Å². The van der Waals surface area contributed by atoms with Crippen LogP contribution in [-0.2, 0) is 6.42 Å². The van der Waals surface area contributed by atoms with Crippen LogP contribution in [0.5, 0.6) is 0 Å². The lowest BCUT2D eigenvalue weighted by Crippen LogP contribution is -2.46. The van der Waals surface area contributed by atoms with Gasteiger partial charge in [-0.2, -0.15) is 4.98 Å². The lowest BCUT2D eigenvalue weighted by molar-refractivity contribution is 0.250. The smallest absolute Gasteiger partial charge is 0.227 e. The molecule has 5 nitrogen and oxygen atoms in total. The first kappa shape index (κ1) is 17.7. The molecule has 1 fully saturated rings. The van der Waals surface area contributed by atoms with Crippen LogP contribution in [0.25, 0.3) is 11.4 Å². The second kappa shape index (κ2) is 8.35. The van der Waals surface area contributed by atoms with E-state index in [1.165, 1.54) is 11.3 Å². The van der Waals surface area contributed by atoms with Crippen molar-refractivity contribution in [3.05, 3.63) is 66.1 Å². The molecule has 1 aliphatic rings. The van der Waals surface area contributed by atoms with Crippen LogP contribution in [-0.4, -0.2) is 47.8 Å². The van der Waals surface area contributed by atoms with Gasteiger partial charge in [0.1, 0.15) is 0 Å². The number of hydrogen-bond donors (Lipinski definition) is 0. The standard InChI is InChI=1S/C22H26N4O/c1-18-8-5-6-11-20(18)26-16-14-25(15-17-26)13-7-12-21-23-22(24-27-21)19-9-3-2-4-10-19/h2-6,8-11H,7,12-17H2,1H3. The SMILES string of the molecule is Cc1ccccc1N1CCN(CCCc2nc(-c3ccccc3)no2)CC1. The molecule has 1 saturated heterocycles. The van der Waals surface area contributed by atoms with E-state index >= 15 is 0 Å². The maximum absolute atomic E-state index is 5.41. The third kappa shape index (κ3) is 4.37. The van der Waals surface area contributed by atoms with Crippen LogP contribution in [0.4, 0.5) is 5.69 Å². The van der Waals surface area contributed by atoms with E-state index in [-0.39, 0.29) is 0 Å². The molecule has 0 atom stereocenters. The Labute approximate surface area is 160 Å². The molecule has 1 aromatic heterocycles. The molecule has 0 bridgehead atoms. The van der Waals surface area contributed by atoms with Gasteiger partial charge in [0.2, 0.25) is 11.7 Å². The largest absolute Gasteiger partial charge is 0.369 e. The molecule has 4 rings (SSSR count). The first-order chi connectivity index (χ1) is 13.3. The average molecular weight is 362 g/mol. The zero-order valence-electron chi connectivity index (χ0n) is 15.8. The van der Waals surface area contributed by atoms with Crippen LogP contribution >= 0.6 is 0 Å². The number of anilines is 1. The van der Waals surface area contributed by atoms with Gasteiger partial charge in [-0.05, 0) is 31.5 Å². The van der Waals surface area contributed by atoms with Crippen molar-refractivity contribution in [2.24, 2.45) is 0 Å². The Bertz CT molecular complexity index is 854. The Hall–Kier alpha value is -2.66. The van der Waals surface area contributed by atoms with Crippen LogP contribution < -0.4 is 4.90 Å². The molecule has 2 heterocycles. The number of piperazine rings is 1. The molecule has 0 radical (unpaired) electrons. The highest BCUT2D eigenvalue weighted by Crippen LogP contribution is 2.21. The molecule has 0 saturated carbocycles. The summed E-state index contributed by atoms with van der Waals surface area (Å²) in [4.78, 5) is 9.55. The Morgan fingerprint density at radius 1 is 0.926 bits per heavy atom. The van der Waals surface area contributed by atoms with E-state index in [2.05, 4.69) is 51.1 Å². The second-order valence-electron chi connectivity index (χ2n) is 7.10. The van der Waals surface area contributed by atoms with Crippen molar-refractivity contribution in [3.8, 4) is 11.4 Å². The van der Waals surface area contributed by atoms with E-state index < -0.39 is 0 Å². The lowest BCUT2D eigenvalue weighted by atomic mass is 10.1. The van der Waals surface area contributed by atoms with Gasteiger partial charge in [-0.25, -0.2) is 0 Å². The van der Waals surface area contributed by atoms with E-state index in [1.54, 1.807) is 0 Å². The summed E-state index contributed by atoms with van der Waals surface area (Å²) in [6.45, 7) is 7.65. The highest BCUT2D eigenvalue weighted by Gasteiger charge is 2.18. The summed E-state index contributed by atoms with van der Waals surface area (Å²) >= 11 is 0. The third-order valence-electron chi connectivity index (χ3n) is 5.19. The molecule has 3 aromatic rings. The molecule has 140 valence electrons. The minimum Gasteiger partial charge on any atom is -0.369 e. The minimum atomic E-state index is 0.678. The van der Waals surface area contributed by atoms with Gasteiger partial charge >= 0.3 is 0 Å². The van der Waals surface area contributed by atoms with Crippen molar-refractivity contribution in [1.29, 1.82) is 0 Å². The summed E-state index contributed by atoms with van der Waals surface area (Å²) in [7, 11) is 0. The third-order valence-corrected chi connectivity index (χ3v) is 5.19.